The molecule has 0 spiro atoms. The molecule has 0 aliphatic heterocycles. The number of rotatable bonds is 8. The molecular weight excluding hydrogens is 270 g/mol. The van der Waals surface area contributed by atoms with Gasteiger partial charge in [-0.1, -0.05) is 36.8 Å². The highest BCUT2D eigenvalue weighted by Gasteiger charge is 2.33. The molecule has 0 aromatic heterocycles. The Morgan fingerprint density at radius 2 is 2.15 bits per heavy atom. The molecule has 20 heavy (non-hydrogen) atoms. The Bertz CT molecular complexity index is 436. The van der Waals surface area contributed by atoms with E-state index in [0.29, 0.717) is 12.4 Å². The number of benzene rings is 1. The van der Waals surface area contributed by atoms with Crippen LogP contribution in [0, 0.1) is 6.92 Å². The highest BCUT2D eigenvalue weighted by atomic mass is 32.2. The molecule has 1 aromatic carbocycles. The average molecular weight is 295 g/mol. The van der Waals surface area contributed by atoms with E-state index in [-0.39, 0.29) is 5.97 Å². The van der Waals surface area contributed by atoms with Crippen LogP contribution in [0.4, 0.5) is 0 Å². The lowest BCUT2D eigenvalue weighted by molar-refractivity contribution is -0.149. The number of carbonyl (C=O) groups is 1. The van der Waals surface area contributed by atoms with Crippen molar-refractivity contribution in [2.45, 2.75) is 39.0 Å². The Kier molecular flexibility index (Phi) is 7.10. The molecular formula is C16H25NO2S. The second-order valence-corrected chi connectivity index (χ2v) is 6.05. The second kappa shape index (κ2) is 8.32. The van der Waals surface area contributed by atoms with Crippen molar-refractivity contribution in [2.75, 3.05) is 18.9 Å². The van der Waals surface area contributed by atoms with Crippen LogP contribution < -0.4 is 5.32 Å². The van der Waals surface area contributed by atoms with Gasteiger partial charge in [0, 0.05) is 11.5 Å². The maximum Gasteiger partial charge on any atom is 0.326 e. The third-order valence-electron chi connectivity index (χ3n) is 3.03. The van der Waals surface area contributed by atoms with Crippen molar-refractivity contribution in [1.82, 2.24) is 5.32 Å². The van der Waals surface area contributed by atoms with Gasteiger partial charge in [-0.2, -0.15) is 11.8 Å². The maximum atomic E-state index is 12.1. The number of likely N-dealkylation sites (N-methyl/N-ethyl adjacent to an activating group) is 1. The van der Waals surface area contributed by atoms with E-state index in [1.165, 1.54) is 11.1 Å². The predicted molar refractivity (Wildman–Crippen MR) is 86.1 cm³/mol. The van der Waals surface area contributed by atoms with Gasteiger partial charge in [0.25, 0.3) is 0 Å². The highest BCUT2D eigenvalue weighted by Crippen LogP contribution is 2.20. The van der Waals surface area contributed by atoms with Gasteiger partial charge in [-0.05, 0) is 32.9 Å². The number of hydrogen-bond acceptors (Lipinski definition) is 4. The molecule has 1 N–H and O–H groups in total. The van der Waals surface area contributed by atoms with Crippen LogP contribution >= 0.6 is 11.8 Å². The van der Waals surface area contributed by atoms with E-state index in [2.05, 4.69) is 36.5 Å². The molecule has 0 bridgehead atoms. The molecule has 112 valence electrons. The lowest BCUT2D eigenvalue weighted by Gasteiger charge is -2.27. The minimum absolute atomic E-state index is 0.168. The molecule has 1 unspecified atom stereocenters. The molecule has 0 heterocycles. The summed E-state index contributed by atoms with van der Waals surface area (Å²) in [4.78, 5) is 12.1. The summed E-state index contributed by atoms with van der Waals surface area (Å²) in [6.45, 7) is 9.02. The van der Waals surface area contributed by atoms with Crippen LogP contribution in [-0.2, 0) is 15.3 Å². The van der Waals surface area contributed by atoms with E-state index < -0.39 is 5.54 Å². The Balaban J connectivity index is 2.56. The van der Waals surface area contributed by atoms with Crippen LogP contribution in [0.25, 0.3) is 0 Å². The van der Waals surface area contributed by atoms with Crippen molar-refractivity contribution in [3.8, 4) is 0 Å². The molecule has 1 atom stereocenters. The molecule has 0 saturated carbocycles. The Morgan fingerprint density at radius 1 is 1.40 bits per heavy atom. The van der Waals surface area contributed by atoms with E-state index in [0.717, 1.165) is 12.3 Å². The first-order valence-electron chi connectivity index (χ1n) is 7.07. The van der Waals surface area contributed by atoms with Gasteiger partial charge >= 0.3 is 5.97 Å². The van der Waals surface area contributed by atoms with E-state index >= 15 is 0 Å². The summed E-state index contributed by atoms with van der Waals surface area (Å²) < 4.78 is 5.17. The van der Waals surface area contributed by atoms with Gasteiger partial charge < -0.3 is 10.1 Å². The van der Waals surface area contributed by atoms with Crippen LogP contribution in [0.1, 0.15) is 31.9 Å². The fourth-order valence-corrected chi connectivity index (χ4v) is 3.18. The van der Waals surface area contributed by atoms with Crippen LogP contribution in [0.2, 0.25) is 0 Å². The number of hydrogen-bond donors (Lipinski definition) is 1. The lowest BCUT2D eigenvalue weighted by Crippen LogP contribution is -2.52. The number of nitrogens with one attached hydrogen (secondary N) is 1. The first kappa shape index (κ1) is 17.1. The molecule has 0 radical (unpaired) electrons. The summed E-state index contributed by atoms with van der Waals surface area (Å²) in [5.74, 6) is 1.44. The lowest BCUT2D eigenvalue weighted by atomic mass is 10.1. The Hall–Kier alpha value is -1.00. The quantitative estimate of drug-likeness (QED) is 0.748. The summed E-state index contributed by atoms with van der Waals surface area (Å²) in [7, 11) is 0. The van der Waals surface area contributed by atoms with Gasteiger partial charge in [-0.25, -0.2) is 0 Å². The van der Waals surface area contributed by atoms with Crippen LogP contribution in [0.15, 0.2) is 24.3 Å². The van der Waals surface area contributed by atoms with Crippen LogP contribution in [-0.4, -0.2) is 30.4 Å². The fourth-order valence-electron chi connectivity index (χ4n) is 2.04. The number of esters is 1. The van der Waals surface area contributed by atoms with Gasteiger partial charge in [-0.3, -0.25) is 4.79 Å². The Labute approximate surface area is 126 Å². The minimum Gasteiger partial charge on any atom is -0.465 e. The van der Waals surface area contributed by atoms with Gasteiger partial charge in [-0.15, -0.1) is 0 Å². The molecule has 0 fully saturated rings. The van der Waals surface area contributed by atoms with E-state index in [9.17, 15) is 4.79 Å². The fraction of sp³-hybridized carbons (Fsp3) is 0.562. The van der Waals surface area contributed by atoms with Crippen molar-refractivity contribution in [3.63, 3.8) is 0 Å². The zero-order chi connectivity index (χ0) is 15.0. The molecule has 4 heteroatoms. The van der Waals surface area contributed by atoms with Crippen molar-refractivity contribution < 1.29 is 9.53 Å². The first-order valence-corrected chi connectivity index (χ1v) is 8.23. The van der Waals surface area contributed by atoms with Crippen LogP contribution in [0.3, 0.4) is 0 Å². The van der Waals surface area contributed by atoms with Gasteiger partial charge in [0.05, 0.1) is 6.61 Å². The molecule has 0 aliphatic rings. The molecule has 0 saturated heterocycles. The second-order valence-electron chi connectivity index (χ2n) is 5.06. The third kappa shape index (κ3) is 5.17. The largest absolute Gasteiger partial charge is 0.465 e. The standard InChI is InChI=1S/C16H25NO2S/c1-5-17-16(4,15(18)19-6-2)12-20-11-14-9-7-8-13(3)10-14/h7-10,17H,5-6,11-12H2,1-4H3. The summed E-state index contributed by atoms with van der Waals surface area (Å²) in [5, 5.41) is 3.25. The molecule has 1 rings (SSSR count). The van der Waals surface area contributed by atoms with Crippen molar-refractivity contribution >= 4 is 17.7 Å². The van der Waals surface area contributed by atoms with Crippen molar-refractivity contribution in [2.24, 2.45) is 0 Å². The summed E-state index contributed by atoms with van der Waals surface area (Å²) in [6.07, 6.45) is 0. The SMILES string of the molecule is CCNC(C)(CSCc1cccc(C)c1)C(=O)OCC. The van der Waals surface area contributed by atoms with E-state index in [1.807, 2.05) is 20.8 Å². The summed E-state index contributed by atoms with van der Waals surface area (Å²) in [5.41, 5.74) is 1.94. The first-order chi connectivity index (χ1) is 9.51. The van der Waals surface area contributed by atoms with E-state index in [4.69, 9.17) is 4.74 Å². The molecule has 0 amide bonds. The highest BCUT2D eigenvalue weighted by molar-refractivity contribution is 7.98. The summed E-state index contributed by atoms with van der Waals surface area (Å²) in [6, 6.07) is 8.46. The monoisotopic (exact) mass is 295 g/mol. The van der Waals surface area contributed by atoms with Crippen molar-refractivity contribution in [3.05, 3.63) is 35.4 Å². The maximum absolute atomic E-state index is 12.1. The van der Waals surface area contributed by atoms with E-state index in [1.54, 1.807) is 11.8 Å². The minimum atomic E-state index is -0.612. The topological polar surface area (TPSA) is 38.3 Å². The third-order valence-corrected chi connectivity index (χ3v) is 4.35. The van der Waals surface area contributed by atoms with Crippen LogP contribution in [0.5, 0.6) is 0 Å². The summed E-state index contributed by atoms with van der Waals surface area (Å²) >= 11 is 1.75. The number of carbonyl (C=O) groups excluding carboxylic acids is 1. The zero-order valence-corrected chi connectivity index (χ0v) is 13.7. The van der Waals surface area contributed by atoms with Gasteiger partial charge in [0.2, 0.25) is 0 Å². The molecule has 3 nitrogen and oxygen atoms in total. The van der Waals surface area contributed by atoms with Crippen molar-refractivity contribution in [1.29, 1.82) is 0 Å². The number of ether oxygens (including phenoxy) is 1. The number of aryl methyl sites for hydroxylation is 1. The molecule has 0 aliphatic carbocycles. The predicted octanol–water partition coefficient (Wildman–Crippen LogP) is 3.16. The normalized spacial score (nSPS) is 13.8. The Morgan fingerprint density at radius 3 is 2.75 bits per heavy atom. The number of thioether (sulfide) groups is 1. The average Bonchev–Trinajstić information content (AvgIpc) is 2.39. The van der Waals surface area contributed by atoms with Gasteiger partial charge in [0.15, 0.2) is 0 Å². The van der Waals surface area contributed by atoms with Gasteiger partial charge in [0.1, 0.15) is 5.54 Å². The smallest absolute Gasteiger partial charge is 0.326 e. The zero-order valence-electron chi connectivity index (χ0n) is 12.9. The molecule has 1 aromatic rings.